The molecule has 184 valence electrons. The molecular weight excluding hydrogens is 488 g/mol. The zero-order valence-corrected chi connectivity index (χ0v) is 20.6. The maximum atomic E-state index is 15.5. The van der Waals surface area contributed by atoms with Crippen molar-refractivity contribution in [1.82, 2.24) is 29.5 Å². The van der Waals surface area contributed by atoms with Crippen LogP contribution >= 0.6 is 11.6 Å². The number of carbonyl (C=O) groups is 1. The van der Waals surface area contributed by atoms with Gasteiger partial charge in [0, 0.05) is 43.2 Å². The van der Waals surface area contributed by atoms with Crippen molar-refractivity contribution in [2.45, 2.75) is 19.4 Å². The van der Waals surface area contributed by atoms with Gasteiger partial charge in [0.05, 0.1) is 22.5 Å². The Kier molecular flexibility index (Phi) is 5.98. The summed E-state index contributed by atoms with van der Waals surface area (Å²) in [6, 6.07) is 8.78. The van der Waals surface area contributed by atoms with Gasteiger partial charge >= 0.3 is 0 Å². The fraction of sp³-hybridized carbons (Fsp3) is 0.280. The van der Waals surface area contributed by atoms with E-state index in [2.05, 4.69) is 15.4 Å². The first-order valence-electron chi connectivity index (χ1n) is 11.3. The van der Waals surface area contributed by atoms with Gasteiger partial charge in [0.25, 0.3) is 5.91 Å². The molecule has 1 N–H and O–H groups in total. The van der Waals surface area contributed by atoms with E-state index in [0.29, 0.717) is 40.4 Å². The number of nitrogens with one attached hydrogen (secondary N) is 1. The molecule has 1 atom stereocenters. The summed E-state index contributed by atoms with van der Waals surface area (Å²) in [7, 11) is 3.50. The van der Waals surface area contributed by atoms with E-state index < -0.39 is 11.6 Å². The van der Waals surface area contributed by atoms with E-state index in [4.69, 9.17) is 16.9 Å². The Labute approximate surface area is 210 Å². The van der Waals surface area contributed by atoms with Crippen molar-refractivity contribution in [3.05, 3.63) is 64.1 Å². The minimum atomic E-state index is -0.738. The number of aromatic nitrogens is 4. The number of nitriles is 1. The van der Waals surface area contributed by atoms with Crippen LogP contribution in [0.3, 0.4) is 0 Å². The summed E-state index contributed by atoms with van der Waals surface area (Å²) in [6.07, 6.45) is 0.806. The van der Waals surface area contributed by atoms with Crippen molar-refractivity contribution in [3.8, 4) is 23.1 Å². The Morgan fingerprint density at radius 3 is 2.69 bits per heavy atom. The summed E-state index contributed by atoms with van der Waals surface area (Å²) < 4.78 is 33.0. The molecule has 0 spiro atoms. The van der Waals surface area contributed by atoms with Crippen molar-refractivity contribution in [1.29, 1.82) is 5.26 Å². The van der Waals surface area contributed by atoms with Crippen molar-refractivity contribution in [2.75, 3.05) is 20.1 Å². The standard InChI is InChI=1S/C25H22ClF2N7O/c1-13-22(25(36)34-7-6-16(12-34)30-2)31-24(14-4-5-15(11-29)18(27)8-14)35(13)21-9-17-20(10-19(21)28)32-33(3)23(17)26/h4-5,8-10,16,30H,6-7,12H2,1-3H3. The first-order valence-corrected chi connectivity index (χ1v) is 11.7. The molecule has 0 radical (unpaired) electrons. The van der Waals surface area contributed by atoms with E-state index in [-0.39, 0.29) is 34.7 Å². The molecule has 1 saturated heterocycles. The van der Waals surface area contributed by atoms with Gasteiger partial charge in [-0.2, -0.15) is 10.4 Å². The van der Waals surface area contributed by atoms with E-state index >= 15 is 4.39 Å². The molecule has 0 bridgehead atoms. The number of hydrogen-bond donors (Lipinski definition) is 1. The van der Waals surface area contributed by atoms with E-state index in [1.807, 2.05) is 7.05 Å². The summed E-state index contributed by atoms with van der Waals surface area (Å²) >= 11 is 6.38. The van der Waals surface area contributed by atoms with Gasteiger partial charge < -0.3 is 10.2 Å². The summed E-state index contributed by atoms with van der Waals surface area (Å²) in [5.74, 6) is -1.47. The number of likely N-dealkylation sites (tertiary alicyclic amines) is 1. The lowest BCUT2D eigenvalue weighted by Gasteiger charge is -2.16. The lowest BCUT2D eigenvalue weighted by atomic mass is 10.1. The molecule has 3 heterocycles. The smallest absolute Gasteiger partial charge is 0.274 e. The third kappa shape index (κ3) is 3.81. The number of nitrogens with zero attached hydrogens (tertiary/aromatic N) is 6. The highest BCUT2D eigenvalue weighted by atomic mass is 35.5. The lowest BCUT2D eigenvalue weighted by molar-refractivity contribution is 0.0783. The van der Waals surface area contributed by atoms with Crippen LogP contribution in [-0.4, -0.2) is 56.3 Å². The minimum Gasteiger partial charge on any atom is -0.336 e. The molecule has 36 heavy (non-hydrogen) atoms. The molecule has 4 aromatic rings. The molecule has 2 aromatic heterocycles. The fourth-order valence-electron chi connectivity index (χ4n) is 4.62. The SMILES string of the molecule is CNC1CCN(C(=O)c2nc(-c3ccc(C#N)c(F)c3)n(-c3cc4c(Cl)n(C)nc4cc3F)c2C)C1. The van der Waals surface area contributed by atoms with Gasteiger partial charge in [-0.3, -0.25) is 14.0 Å². The first-order chi connectivity index (χ1) is 17.2. The number of halogens is 3. The van der Waals surface area contributed by atoms with Crippen LogP contribution in [0.5, 0.6) is 0 Å². The predicted octanol–water partition coefficient (Wildman–Crippen LogP) is 3.97. The highest BCUT2D eigenvalue weighted by molar-refractivity contribution is 6.34. The Morgan fingerprint density at radius 2 is 2.03 bits per heavy atom. The van der Waals surface area contributed by atoms with Crippen molar-refractivity contribution >= 4 is 28.4 Å². The van der Waals surface area contributed by atoms with Gasteiger partial charge in [0.2, 0.25) is 0 Å². The summed E-state index contributed by atoms with van der Waals surface area (Å²) in [6.45, 7) is 2.75. The molecule has 1 unspecified atom stereocenters. The summed E-state index contributed by atoms with van der Waals surface area (Å²) in [4.78, 5) is 19.7. The number of hydrogen-bond acceptors (Lipinski definition) is 5. The number of aryl methyl sites for hydroxylation is 1. The highest BCUT2D eigenvalue weighted by Crippen LogP contribution is 2.33. The number of rotatable bonds is 4. The van der Waals surface area contributed by atoms with Gasteiger partial charge in [-0.1, -0.05) is 11.6 Å². The van der Waals surface area contributed by atoms with Gasteiger partial charge in [-0.25, -0.2) is 13.8 Å². The molecule has 0 aliphatic carbocycles. The number of benzene rings is 2. The Hall–Kier alpha value is -3.81. The molecule has 11 heteroatoms. The van der Waals surface area contributed by atoms with Crippen LogP contribution in [0.25, 0.3) is 28.0 Å². The monoisotopic (exact) mass is 509 g/mol. The van der Waals surface area contributed by atoms with E-state index in [0.717, 1.165) is 12.5 Å². The van der Waals surface area contributed by atoms with Crippen LogP contribution in [-0.2, 0) is 7.05 Å². The van der Waals surface area contributed by atoms with Gasteiger partial charge in [-0.15, -0.1) is 0 Å². The number of likely N-dealkylation sites (N-methyl/N-ethyl adjacent to an activating group) is 1. The van der Waals surface area contributed by atoms with Gasteiger partial charge in [0.1, 0.15) is 34.4 Å². The topological polar surface area (TPSA) is 91.8 Å². The number of carbonyl (C=O) groups excluding carboxylic acids is 1. The molecule has 8 nitrogen and oxygen atoms in total. The average Bonchev–Trinajstić information content (AvgIpc) is 3.55. The van der Waals surface area contributed by atoms with E-state index in [9.17, 15) is 9.18 Å². The highest BCUT2D eigenvalue weighted by Gasteiger charge is 2.31. The van der Waals surface area contributed by atoms with E-state index in [1.165, 1.54) is 27.4 Å². The van der Waals surface area contributed by atoms with Crippen LogP contribution in [0.4, 0.5) is 8.78 Å². The molecule has 2 aromatic carbocycles. The molecule has 5 rings (SSSR count). The second-order valence-electron chi connectivity index (χ2n) is 8.77. The van der Waals surface area contributed by atoms with Crippen LogP contribution in [0.15, 0.2) is 30.3 Å². The Morgan fingerprint density at radius 1 is 1.25 bits per heavy atom. The Bertz CT molecular complexity index is 1570. The third-order valence-electron chi connectivity index (χ3n) is 6.61. The minimum absolute atomic E-state index is 0.0933. The summed E-state index contributed by atoms with van der Waals surface area (Å²) in [5.41, 5.74) is 1.17. The third-order valence-corrected chi connectivity index (χ3v) is 7.06. The second kappa shape index (κ2) is 9.00. The van der Waals surface area contributed by atoms with E-state index in [1.54, 1.807) is 31.0 Å². The lowest BCUT2D eigenvalue weighted by Crippen LogP contribution is -2.34. The van der Waals surface area contributed by atoms with Crippen molar-refractivity contribution in [3.63, 3.8) is 0 Å². The Balaban J connectivity index is 1.73. The van der Waals surface area contributed by atoms with Gasteiger partial charge in [-0.05, 0) is 44.7 Å². The molecule has 1 fully saturated rings. The van der Waals surface area contributed by atoms with Crippen molar-refractivity contribution in [2.24, 2.45) is 7.05 Å². The zero-order valence-electron chi connectivity index (χ0n) is 19.8. The molecule has 1 aliphatic rings. The fourth-order valence-corrected chi connectivity index (χ4v) is 4.81. The number of imidazole rings is 1. The average molecular weight is 510 g/mol. The van der Waals surface area contributed by atoms with Gasteiger partial charge in [0.15, 0.2) is 0 Å². The summed E-state index contributed by atoms with van der Waals surface area (Å²) in [5, 5.41) is 17.4. The van der Waals surface area contributed by atoms with Crippen LogP contribution < -0.4 is 5.32 Å². The molecule has 1 aliphatic heterocycles. The number of amides is 1. The van der Waals surface area contributed by atoms with Crippen molar-refractivity contribution < 1.29 is 13.6 Å². The first kappa shape index (κ1) is 23.9. The number of fused-ring (bicyclic) bond motifs is 1. The molecule has 0 saturated carbocycles. The second-order valence-corrected chi connectivity index (χ2v) is 9.13. The van der Waals surface area contributed by atoms with Crippen LogP contribution in [0, 0.1) is 29.9 Å². The quantitative estimate of drug-likeness (QED) is 0.449. The predicted molar refractivity (Wildman–Crippen MR) is 131 cm³/mol. The molecule has 1 amide bonds. The van der Waals surface area contributed by atoms with Crippen LogP contribution in [0.2, 0.25) is 5.15 Å². The maximum absolute atomic E-state index is 15.5. The maximum Gasteiger partial charge on any atom is 0.274 e. The largest absolute Gasteiger partial charge is 0.336 e. The zero-order chi connectivity index (χ0) is 25.7. The normalized spacial score (nSPS) is 15.6. The molecular formula is C25H22ClF2N7O. The van der Waals surface area contributed by atoms with Crippen LogP contribution in [0.1, 0.15) is 28.2 Å².